The van der Waals surface area contributed by atoms with Crippen LogP contribution in [0.15, 0.2) is 72.8 Å². The van der Waals surface area contributed by atoms with E-state index in [9.17, 15) is 9.59 Å². The molecule has 1 N–H and O–H groups in total. The molecular weight excluding hydrogens is 464 g/mol. The third-order valence-electron chi connectivity index (χ3n) is 7.22. The molecule has 7 nitrogen and oxygen atoms in total. The Morgan fingerprint density at radius 3 is 2.14 bits per heavy atom. The Labute approximate surface area is 218 Å². The number of benzene rings is 3. The average Bonchev–Trinajstić information content (AvgIpc) is 2.91. The van der Waals surface area contributed by atoms with E-state index in [1.54, 1.807) is 0 Å². The van der Waals surface area contributed by atoms with Gasteiger partial charge in [0.05, 0.1) is 24.8 Å². The van der Waals surface area contributed by atoms with Crippen molar-refractivity contribution in [3.63, 3.8) is 0 Å². The van der Waals surface area contributed by atoms with Crippen LogP contribution in [0.2, 0.25) is 0 Å². The van der Waals surface area contributed by atoms with E-state index < -0.39 is 0 Å². The van der Waals surface area contributed by atoms with E-state index in [4.69, 9.17) is 4.74 Å². The molecule has 1 saturated heterocycles. The molecule has 0 aromatic heterocycles. The standard InChI is InChI=1S/C30H34N4O3/c1-22-9-8-10-23(2)30(22)31-28(35)19-32-15-17-33(18-16-32)20-29(36)34-25-13-6-7-14-27(25)37-21-26(34)24-11-4-3-5-12-24/h3-14,26H,15-21H2,1-2H3,(H,31,35)/t26-/m1/s1. The first-order valence-corrected chi connectivity index (χ1v) is 12.9. The molecule has 5 rings (SSSR count). The largest absolute Gasteiger partial charge is 0.489 e. The van der Waals surface area contributed by atoms with Crippen LogP contribution in [0, 0.1) is 13.8 Å². The van der Waals surface area contributed by atoms with Gasteiger partial charge in [0, 0.05) is 31.9 Å². The van der Waals surface area contributed by atoms with Gasteiger partial charge in [-0.15, -0.1) is 0 Å². The number of aryl methyl sites for hydroxylation is 2. The van der Waals surface area contributed by atoms with Crippen molar-refractivity contribution in [1.29, 1.82) is 0 Å². The highest BCUT2D eigenvalue weighted by atomic mass is 16.5. The number of nitrogens with one attached hydrogen (secondary N) is 1. The second-order valence-electron chi connectivity index (χ2n) is 9.84. The van der Waals surface area contributed by atoms with Crippen LogP contribution in [0.5, 0.6) is 5.75 Å². The van der Waals surface area contributed by atoms with Crippen molar-refractivity contribution < 1.29 is 14.3 Å². The monoisotopic (exact) mass is 498 g/mol. The Hall–Kier alpha value is -3.68. The van der Waals surface area contributed by atoms with Crippen LogP contribution >= 0.6 is 0 Å². The van der Waals surface area contributed by atoms with Gasteiger partial charge in [0.25, 0.3) is 0 Å². The molecule has 37 heavy (non-hydrogen) atoms. The highest BCUT2D eigenvalue weighted by Crippen LogP contribution is 2.39. The molecule has 0 radical (unpaired) electrons. The van der Waals surface area contributed by atoms with Crippen molar-refractivity contribution in [1.82, 2.24) is 9.80 Å². The Kier molecular flexibility index (Phi) is 7.53. The third-order valence-corrected chi connectivity index (χ3v) is 7.22. The lowest BCUT2D eigenvalue weighted by atomic mass is 10.0. The van der Waals surface area contributed by atoms with E-state index in [-0.39, 0.29) is 17.9 Å². The van der Waals surface area contributed by atoms with E-state index in [1.165, 1.54) is 0 Å². The number of hydrogen-bond acceptors (Lipinski definition) is 5. The van der Waals surface area contributed by atoms with Gasteiger partial charge >= 0.3 is 0 Å². The molecule has 2 heterocycles. The summed E-state index contributed by atoms with van der Waals surface area (Å²) in [5.74, 6) is 0.797. The molecule has 1 fully saturated rings. The maximum Gasteiger partial charge on any atom is 0.241 e. The summed E-state index contributed by atoms with van der Waals surface area (Å²) in [6.45, 7) is 8.10. The third kappa shape index (κ3) is 5.68. The van der Waals surface area contributed by atoms with Crippen molar-refractivity contribution in [2.45, 2.75) is 19.9 Å². The van der Waals surface area contributed by atoms with Gasteiger partial charge < -0.3 is 10.1 Å². The van der Waals surface area contributed by atoms with Crippen molar-refractivity contribution in [2.24, 2.45) is 0 Å². The lowest BCUT2D eigenvalue weighted by molar-refractivity contribution is -0.122. The topological polar surface area (TPSA) is 65.1 Å². The van der Waals surface area contributed by atoms with Gasteiger partial charge in [-0.25, -0.2) is 0 Å². The van der Waals surface area contributed by atoms with E-state index in [2.05, 4.69) is 15.1 Å². The number of rotatable bonds is 6. The maximum absolute atomic E-state index is 13.7. The first-order valence-electron chi connectivity index (χ1n) is 12.9. The number of carbonyl (C=O) groups is 2. The number of hydrogen-bond donors (Lipinski definition) is 1. The summed E-state index contributed by atoms with van der Waals surface area (Å²) in [5, 5.41) is 3.08. The Bertz CT molecular complexity index is 1230. The quantitative estimate of drug-likeness (QED) is 0.556. The molecular formula is C30H34N4O3. The first kappa shape index (κ1) is 25.0. The minimum Gasteiger partial charge on any atom is -0.489 e. The van der Waals surface area contributed by atoms with Gasteiger partial charge in [-0.05, 0) is 42.7 Å². The fourth-order valence-corrected chi connectivity index (χ4v) is 5.18. The Morgan fingerprint density at radius 1 is 0.811 bits per heavy atom. The smallest absolute Gasteiger partial charge is 0.241 e. The van der Waals surface area contributed by atoms with Gasteiger partial charge in [-0.3, -0.25) is 24.3 Å². The fraction of sp³-hybridized carbons (Fsp3) is 0.333. The molecule has 3 aromatic carbocycles. The molecule has 0 saturated carbocycles. The van der Waals surface area contributed by atoms with Gasteiger partial charge in [0.1, 0.15) is 12.4 Å². The zero-order valence-corrected chi connectivity index (χ0v) is 21.5. The zero-order chi connectivity index (χ0) is 25.8. The number of fused-ring (bicyclic) bond motifs is 1. The highest BCUT2D eigenvalue weighted by Gasteiger charge is 2.34. The summed E-state index contributed by atoms with van der Waals surface area (Å²) in [5.41, 5.74) is 4.90. The van der Waals surface area contributed by atoms with E-state index in [0.29, 0.717) is 19.7 Å². The summed E-state index contributed by atoms with van der Waals surface area (Å²) >= 11 is 0. The van der Waals surface area contributed by atoms with Crippen LogP contribution in [-0.4, -0.2) is 67.5 Å². The van der Waals surface area contributed by atoms with E-state index in [1.807, 2.05) is 91.5 Å². The normalized spacial score (nSPS) is 18.1. The number of ether oxygens (including phenoxy) is 1. The van der Waals surface area contributed by atoms with Crippen molar-refractivity contribution in [3.8, 4) is 5.75 Å². The Morgan fingerprint density at radius 2 is 1.43 bits per heavy atom. The lowest BCUT2D eigenvalue weighted by Crippen LogP contribution is -2.52. The summed E-state index contributed by atoms with van der Waals surface area (Å²) in [6.07, 6.45) is 0. The zero-order valence-electron chi connectivity index (χ0n) is 21.5. The lowest BCUT2D eigenvalue weighted by Gasteiger charge is -2.39. The summed E-state index contributed by atoms with van der Waals surface area (Å²) in [7, 11) is 0. The van der Waals surface area contributed by atoms with Crippen molar-refractivity contribution >= 4 is 23.2 Å². The number of amides is 2. The number of carbonyl (C=O) groups excluding carboxylic acids is 2. The van der Waals surface area contributed by atoms with E-state index >= 15 is 0 Å². The van der Waals surface area contributed by atoms with E-state index in [0.717, 1.165) is 60.0 Å². The second-order valence-corrected chi connectivity index (χ2v) is 9.84. The molecule has 2 aliphatic heterocycles. The van der Waals surface area contributed by atoms with Crippen molar-refractivity contribution in [2.75, 3.05) is 56.1 Å². The predicted molar refractivity (Wildman–Crippen MR) is 146 cm³/mol. The van der Waals surface area contributed by atoms with Crippen LogP contribution in [0.3, 0.4) is 0 Å². The first-order chi connectivity index (χ1) is 18.0. The number of nitrogens with zero attached hydrogens (tertiary/aromatic N) is 3. The SMILES string of the molecule is Cc1cccc(C)c1NC(=O)CN1CCN(CC(=O)N2c3ccccc3OC[C@@H]2c2ccccc2)CC1. The summed E-state index contributed by atoms with van der Waals surface area (Å²) in [4.78, 5) is 32.6. The van der Waals surface area contributed by atoms with Crippen LogP contribution < -0.4 is 15.0 Å². The van der Waals surface area contributed by atoms with Crippen LogP contribution in [0.4, 0.5) is 11.4 Å². The minimum atomic E-state index is -0.168. The van der Waals surface area contributed by atoms with Gasteiger partial charge in [0.15, 0.2) is 0 Å². The fourth-order valence-electron chi connectivity index (χ4n) is 5.18. The van der Waals surface area contributed by atoms with Gasteiger partial charge in [0.2, 0.25) is 11.8 Å². The molecule has 192 valence electrons. The van der Waals surface area contributed by atoms with Crippen LogP contribution in [-0.2, 0) is 9.59 Å². The predicted octanol–water partition coefficient (Wildman–Crippen LogP) is 4.03. The molecule has 3 aromatic rings. The van der Waals surface area contributed by atoms with Crippen LogP contribution in [0.1, 0.15) is 22.7 Å². The highest BCUT2D eigenvalue weighted by molar-refractivity contribution is 5.97. The second kappa shape index (κ2) is 11.2. The maximum atomic E-state index is 13.7. The molecule has 2 aliphatic rings. The number of piperazine rings is 1. The van der Waals surface area contributed by atoms with Crippen LogP contribution in [0.25, 0.3) is 0 Å². The molecule has 0 spiro atoms. The number of anilines is 2. The average molecular weight is 499 g/mol. The Balaban J connectivity index is 1.20. The summed E-state index contributed by atoms with van der Waals surface area (Å²) < 4.78 is 6.02. The molecule has 0 bridgehead atoms. The molecule has 0 unspecified atom stereocenters. The van der Waals surface area contributed by atoms with Gasteiger partial charge in [-0.2, -0.15) is 0 Å². The molecule has 0 aliphatic carbocycles. The van der Waals surface area contributed by atoms with Crippen molar-refractivity contribution in [3.05, 3.63) is 89.5 Å². The molecule has 1 atom stereocenters. The molecule has 2 amide bonds. The molecule has 7 heteroatoms. The summed E-state index contributed by atoms with van der Waals surface area (Å²) in [6, 6.07) is 23.7. The minimum absolute atomic E-state index is 0.00227. The van der Waals surface area contributed by atoms with Gasteiger partial charge in [-0.1, -0.05) is 60.7 Å². The number of para-hydroxylation sites is 3.